The molecule has 0 fully saturated rings. The van der Waals surface area contributed by atoms with Crippen LogP contribution in [0.2, 0.25) is 0 Å². The quantitative estimate of drug-likeness (QED) is 0.437. The van der Waals surface area contributed by atoms with Gasteiger partial charge >= 0.3 is 18.2 Å². The van der Waals surface area contributed by atoms with Crippen LogP contribution in [-0.2, 0) is 25.3 Å². The highest BCUT2D eigenvalue weighted by atomic mass is 19.4. The summed E-state index contributed by atoms with van der Waals surface area (Å²) in [6, 6.07) is 7.55. The highest BCUT2D eigenvalue weighted by molar-refractivity contribution is 6.12. The van der Waals surface area contributed by atoms with Gasteiger partial charge in [0.1, 0.15) is 12.7 Å². The summed E-state index contributed by atoms with van der Waals surface area (Å²) in [4.78, 5) is 48.8. The number of ether oxygens (including phenoxy) is 1. The molecule has 0 bridgehead atoms. The zero-order chi connectivity index (χ0) is 26.8. The van der Waals surface area contributed by atoms with E-state index in [2.05, 4.69) is 5.32 Å². The number of ketones is 1. The molecule has 1 heterocycles. The van der Waals surface area contributed by atoms with Crippen molar-refractivity contribution in [1.29, 1.82) is 0 Å². The Morgan fingerprint density at radius 3 is 2.25 bits per heavy atom. The van der Waals surface area contributed by atoms with Crippen molar-refractivity contribution in [3.63, 3.8) is 0 Å². The van der Waals surface area contributed by atoms with Crippen LogP contribution in [0.4, 0.5) is 22.4 Å². The molecule has 1 aromatic heterocycles. The Labute approximate surface area is 201 Å². The Hall–Kier alpha value is -3.96. The van der Waals surface area contributed by atoms with E-state index in [0.717, 1.165) is 16.7 Å². The Morgan fingerprint density at radius 1 is 1.03 bits per heavy atom. The Kier molecular flexibility index (Phi) is 7.65. The van der Waals surface area contributed by atoms with E-state index in [1.54, 1.807) is 18.2 Å². The van der Waals surface area contributed by atoms with Crippen molar-refractivity contribution in [1.82, 2.24) is 9.88 Å². The van der Waals surface area contributed by atoms with Gasteiger partial charge in [-0.05, 0) is 24.1 Å². The summed E-state index contributed by atoms with van der Waals surface area (Å²) >= 11 is 0. The minimum Gasteiger partial charge on any atom is -0.481 e. The summed E-state index contributed by atoms with van der Waals surface area (Å²) in [5, 5.41) is 11.9. The topological polar surface area (TPSA) is 115 Å². The molecule has 1 amide bonds. The first-order valence-corrected chi connectivity index (χ1v) is 10.8. The number of hydrogen-bond donors (Lipinski definition) is 2. The molecule has 192 valence electrons. The van der Waals surface area contributed by atoms with Crippen LogP contribution in [0.15, 0.2) is 42.5 Å². The van der Waals surface area contributed by atoms with Crippen molar-refractivity contribution < 1.29 is 46.6 Å². The number of para-hydroxylation sites is 1. The second kappa shape index (κ2) is 10.3. The van der Waals surface area contributed by atoms with E-state index in [-0.39, 0.29) is 11.0 Å². The summed E-state index contributed by atoms with van der Waals surface area (Å²) in [5.74, 6) is -4.39. The molecule has 0 saturated carbocycles. The van der Waals surface area contributed by atoms with Gasteiger partial charge in [0.05, 0.1) is 23.0 Å². The van der Waals surface area contributed by atoms with Crippen molar-refractivity contribution in [2.75, 3.05) is 6.67 Å². The fourth-order valence-electron chi connectivity index (χ4n) is 3.76. The number of carboxylic acid groups (broad SMARTS) is 1. The van der Waals surface area contributed by atoms with Crippen LogP contribution in [-0.4, -0.2) is 52.2 Å². The van der Waals surface area contributed by atoms with Gasteiger partial charge in [-0.2, -0.15) is 13.2 Å². The molecule has 3 rings (SSSR count). The number of Topliss-reactive ketones (excluding diaryl/α,β-unsaturated/α-hetero) is 1. The van der Waals surface area contributed by atoms with Crippen LogP contribution >= 0.6 is 0 Å². The van der Waals surface area contributed by atoms with Gasteiger partial charge in [0, 0.05) is 10.8 Å². The van der Waals surface area contributed by atoms with Crippen molar-refractivity contribution in [2.45, 2.75) is 38.6 Å². The number of halogens is 4. The van der Waals surface area contributed by atoms with E-state index >= 15 is 0 Å². The van der Waals surface area contributed by atoms with Gasteiger partial charge in [-0.25, -0.2) is 13.8 Å². The van der Waals surface area contributed by atoms with Crippen molar-refractivity contribution >= 4 is 45.6 Å². The van der Waals surface area contributed by atoms with E-state index < -0.39 is 66.7 Å². The SMILES string of the molecule is CC(C)[C@H](OC(=O)n1c2ccccc2c2ccc(C(F)(F)F)cc21)C(=O)NC(CC(=O)O)C(=O)CF. The van der Waals surface area contributed by atoms with Crippen molar-refractivity contribution in [3.05, 3.63) is 48.0 Å². The molecule has 8 nitrogen and oxygen atoms in total. The maximum Gasteiger partial charge on any atom is 0.419 e. The van der Waals surface area contributed by atoms with Crippen LogP contribution in [0.1, 0.15) is 25.8 Å². The maximum atomic E-state index is 13.4. The van der Waals surface area contributed by atoms with E-state index in [1.807, 2.05) is 0 Å². The molecular formula is C24H22F4N2O6. The third kappa shape index (κ3) is 5.47. The number of nitrogens with one attached hydrogen (secondary N) is 1. The number of alkyl halides is 4. The molecule has 3 aromatic rings. The molecule has 36 heavy (non-hydrogen) atoms. The van der Waals surface area contributed by atoms with Crippen LogP contribution in [0.5, 0.6) is 0 Å². The number of hydrogen-bond acceptors (Lipinski definition) is 5. The fourth-order valence-corrected chi connectivity index (χ4v) is 3.76. The first kappa shape index (κ1) is 26.6. The molecule has 1 unspecified atom stereocenters. The second-order valence-electron chi connectivity index (χ2n) is 8.39. The normalized spacial score (nSPS) is 13.5. The zero-order valence-electron chi connectivity index (χ0n) is 19.1. The minimum absolute atomic E-state index is 0.102. The number of benzene rings is 2. The van der Waals surface area contributed by atoms with E-state index in [4.69, 9.17) is 9.84 Å². The first-order chi connectivity index (χ1) is 16.8. The van der Waals surface area contributed by atoms with Crippen molar-refractivity contribution in [2.24, 2.45) is 5.92 Å². The third-order valence-electron chi connectivity index (χ3n) is 5.49. The number of aliphatic carboxylic acids is 1. The van der Waals surface area contributed by atoms with Gasteiger partial charge in [0.25, 0.3) is 5.91 Å². The van der Waals surface area contributed by atoms with Crippen LogP contribution in [0, 0.1) is 5.92 Å². The molecule has 0 saturated heterocycles. The number of aromatic nitrogens is 1. The summed E-state index contributed by atoms with van der Waals surface area (Å²) in [5.41, 5.74) is -0.863. The smallest absolute Gasteiger partial charge is 0.419 e. The number of fused-ring (bicyclic) bond motifs is 3. The Bertz CT molecular complexity index is 1330. The lowest BCUT2D eigenvalue weighted by molar-refractivity contribution is -0.141. The molecule has 12 heteroatoms. The lowest BCUT2D eigenvalue weighted by atomic mass is 10.0. The number of carboxylic acids is 1. The largest absolute Gasteiger partial charge is 0.481 e. The Balaban J connectivity index is 2.01. The van der Waals surface area contributed by atoms with Gasteiger partial charge in [-0.3, -0.25) is 14.4 Å². The molecule has 0 spiro atoms. The lowest BCUT2D eigenvalue weighted by Crippen LogP contribution is -2.49. The molecule has 0 aliphatic rings. The lowest BCUT2D eigenvalue weighted by Gasteiger charge is -2.23. The first-order valence-electron chi connectivity index (χ1n) is 10.8. The minimum atomic E-state index is -4.68. The number of rotatable bonds is 8. The Morgan fingerprint density at radius 2 is 1.67 bits per heavy atom. The zero-order valence-corrected chi connectivity index (χ0v) is 19.1. The summed E-state index contributed by atoms with van der Waals surface area (Å²) < 4.78 is 59.2. The van der Waals surface area contributed by atoms with Gasteiger partial charge in [-0.15, -0.1) is 0 Å². The monoisotopic (exact) mass is 510 g/mol. The van der Waals surface area contributed by atoms with Gasteiger partial charge < -0.3 is 15.2 Å². The average molecular weight is 510 g/mol. The van der Waals surface area contributed by atoms with Gasteiger partial charge in [0.15, 0.2) is 11.9 Å². The third-order valence-corrected chi connectivity index (χ3v) is 5.49. The molecule has 2 N–H and O–H groups in total. The molecule has 0 aliphatic carbocycles. The van der Waals surface area contributed by atoms with Crippen LogP contribution in [0.3, 0.4) is 0 Å². The predicted octanol–water partition coefficient (Wildman–Crippen LogP) is 4.32. The summed E-state index contributed by atoms with van der Waals surface area (Å²) in [6.45, 7) is 1.47. The van der Waals surface area contributed by atoms with E-state index in [0.29, 0.717) is 10.8 Å². The van der Waals surface area contributed by atoms with Crippen molar-refractivity contribution in [3.8, 4) is 0 Å². The number of nitrogens with zero attached hydrogens (tertiary/aromatic N) is 1. The van der Waals surface area contributed by atoms with Crippen LogP contribution < -0.4 is 5.32 Å². The molecule has 2 atom stereocenters. The standard InChI is InChI=1S/C24H22F4N2O6/c1-12(2)21(22(34)29-16(10-20(32)33)19(31)11-25)36-23(35)30-17-6-4-3-5-14(17)15-8-7-13(9-18(15)30)24(26,27)28/h3-9,12,16,21H,10-11H2,1-2H3,(H,29,34)(H,32,33)/t16?,21-/m0/s1. The molecule has 2 aromatic carbocycles. The van der Waals surface area contributed by atoms with E-state index in [1.165, 1.54) is 26.0 Å². The van der Waals surface area contributed by atoms with E-state index in [9.17, 15) is 36.7 Å². The average Bonchev–Trinajstić information content (AvgIpc) is 3.14. The van der Waals surface area contributed by atoms with Gasteiger partial charge in [0.2, 0.25) is 0 Å². The highest BCUT2D eigenvalue weighted by Crippen LogP contribution is 2.35. The molecular weight excluding hydrogens is 488 g/mol. The maximum absolute atomic E-state index is 13.4. The number of amides is 1. The molecule has 0 aliphatic heterocycles. The number of carbonyl (C=O) groups excluding carboxylic acids is 3. The fraction of sp³-hybridized carbons (Fsp3) is 0.333. The summed E-state index contributed by atoms with van der Waals surface area (Å²) in [6.07, 6.45) is -8.30. The second-order valence-corrected chi connectivity index (χ2v) is 8.39. The van der Waals surface area contributed by atoms with Gasteiger partial charge in [-0.1, -0.05) is 38.1 Å². The molecule has 0 radical (unpaired) electrons. The summed E-state index contributed by atoms with van der Waals surface area (Å²) in [7, 11) is 0. The number of carbonyl (C=O) groups is 4. The van der Waals surface area contributed by atoms with Crippen LogP contribution in [0.25, 0.3) is 21.8 Å². The highest BCUT2D eigenvalue weighted by Gasteiger charge is 2.34. The predicted molar refractivity (Wildman–Crippen MR) is 120 cm³/mol.